The molecule has 7 nitrogen and oxygen atoms in total. The molecule has 1 amide bonds. The van der Waals surface area contributed by atoms with Gasteiger partial charge in [-0.25, -0.2) is 17.5 Å². The summed E-state index contributed by atoms with van der Waals surface area (Å²) in [4.78, 5) is 18.6. The normalized spacial score (nSPS) is 16.5. The second kappa shape index (κ2) is 9.78. The maximum atomic E-state index is 14.2. The van der Waals surface area contributed by atoms with Gasteiger partial charge in [0, 0.05) is 45.8 Å². The van der Waals surface area contributed by atoms with Crippen molar-refractivity contribution in [3.8, 4) is 0 Å². The van der Waals surface area contributed by atoms with Crippen LogP contribution in [0.4, 0.5) is 4.39 Å². The Hall–Kier alpha value is -1.55. The van der Waals surface area contributed by atoms with E-state index in [0.717, 1.165) is 51.3 Å². The van der Waals surface area contributed by atoms with Gasteiger partial charge in [-0.3, -0.25) is 4.79 Å². The van der Waals surface area contributed by atoms with Crippen LogP contribution < -0.4 is 4.72 Å². The van der Waals surface area contributed by atoms with E-state index in [0.29, 0.717) is 6.54 Å². The summed E-state index contributed by atoms with van der Waals surface area (Å²) in [6.45, 7) is 8.82. The molecule has 2 rings (SSSR count). The van der Waals surface area contributed by atoms with E-state index >= 15 is 0 Å². The minimum atomic E-state index is -3.79. The molecule has 1 aliphatic heterocycles. The van der Waals surface area contributed by atoms with Gasteiger partial charge in [-0.2, -0.15) is 0 Å². The van der Waals surface area contributed by atoms with Gasteiger partial charge in [0.1, 0.15) is 5.82 Å². The topological polar surface area (TPSA) is 73.0 Å². The third-order valence-corrected chi connectivity index (χ3v) is 6.44. The lowest BCUT2D eigenvalue weighted by atomic mass is 10.2. The number of halogens is 1. The van der Waals surface area contributed by atoms with Crippen molar-refractivity contribution in [3.63, 3.8) is 0 Å². The predicted molar refractivity (Wildman–Crippen MR) is 107 cm³/mol. The zero-order valence-electron chi connectivity index (χ0n) is 17.1. The van der Waals surface area contributed by atoms with Gasteiger partial charge in [-0.1, -0.05) is 0 Å². The fourth-order valence-electron chi connectivity index (χ4n) is 3.12. The number of hydrogen-bond acceptors (Lipinski definition) is 5. The van der Waals surface area contributed by atoms with E-state index in [-0.39, 0.29) is 16.5 Å². The monoisotopic (exact) mass is 414 g/mol. The van der Waals surface area contributed by atoms with Crippen LogP contribution in [0.3, 0.4) is 0 Å². The Labute approximate surface area is 167 Å². The van der Waals surface area contributed by atoms with Crippen LogP contribution in [0, 0.1) is 5.82 Å². The van der Waals surface area contributed by atoms with Crippen LogP contribution in [0.2, 0.25) is 0 Å². The standard InChI is InChI=1S/C19H31FN4O3S/c1-15(2)21-28(26,27)16-6-7-18(20)17(14-16)19(25)23(4)8-5-9-24-12-10-22(3)11-13-24/h6-7,14-15,21H,5,8-13H2,1-4H3. The van der Waals surface area contributed by atoms with E-state index < -0.39 is 21.7 Å². The maximum Gasteiger partial charge on any atom is 0.256 e. The largest absolute Gasteiger partial charge is 0.342 e. The van der Waals surface area contributed by atoms with E-state index in [1.54, 1.807) is 20.9 Å². The Balaban J connectivity index is 1.99. The highest BCUT2D eigenvalue weighted by atomic mass is 32.2. The minimum absolute atomic E-state index is 0.114. The number of hydrogen-bond donors (Lipinski definition) is 1. The second-order valence-electron chi connectivity index (χ2n) is 7.64. The van der Waals surface area contributed by atoms with Gasteiger partial charge in [0.05, 0.1) is 10.5 Å². The second-order valence-corrected chi connectivity index (χ2v) is 9.36. The highest BCUT2D eigenvalue weighted by Crippen LogP contribution is 2.17. The highest BCUT2D eigenvalue weighted by Gasteiger charge is 2.22. The number of nitrogens with one attached hydrogen (secondary N) is 1. The van der Waals surface area contributed by atoms with Crippen molar-refractivity contribution in [2.75, 3.05) is 53.4 Å². The molecule has 0 saturated carbocycles. The average Bonchev–Trinajstić information content (AvgIpc) is 2.62. The first-order valence-electron chi connectivity index (χ1n) is 9.58. The zero-order chi connectivity index (χ0) is 20.9. The molecule has 1 aliphatic rings. The third kappa shape index (κ3) is 6.23. The first kappa shape index (κ1) is 22.7. The molecule has 0 bridgehead atoms. The average molecular weight is 415 g/mol. The van der Waals surface area contributed by atoms with Crippen LogP contribution in [-0.4, -0.2) is 88.4 Å². The summed E-state index contributed by atoms with van der Waals surface area (Å²) in [5.74, 6) is -1.24. The molecule has 0 radical (unpaired) electrons. The van der Waals surface area contributed by atoms with Crippen LogP contribution in [0.15, 0.2) is 23.1 Å². The summed E-state index contributed by atoms with van der Waals surface area (Å²) in [5.41, 5.74) is -0.228. The zero-order valence-corrected chi connectivity index (χ0v) is 17.9. The van der Waals surface area contributed by atoms with Gasteiger partial charge in [0.15, 0.2) is 0 Å². The molecule has 28 heavy (non-hydrogen) atoms. The molecule has 9 heteroatoms. The molecule has 0 aliphatic carbocycles. The molecule has 1 heterocycles. The summed E-state index contributed by atoms with van der Waals surface area (Å²) in [6, 6.07) is 3.01. The lowest BCUT2D eigenvalue weighted by Gasteiger charge is -2.32. The fourth-order valence-corrected chi connectivity index (χ4v) is 4.40. The van der Waals surface area contributed by atoms with Gasteiger partial charge in [-0.05, 0) is 52.1 Å². The number of benzene rings is 1. The molecule has 0 spiro atoms. The highest BCUT2D eigenvalue weighted by molar-refractivity contribution is 7.89. The molecular weight excluding hydrogens is 383 g/mol. The van der Waals surface area contributed by atoms with Gasteiger partial charge >= 0.3 is 0 Å². The first-order valence-corrected chi connectivity index (χ1v) is 11.1. The summed E-state index contributed by atoms with van der Waals surface area (Å²) in [6.07, 6.45) is 0.778. The van der Waals surface area contributed by atoms with Gasteiger partial charge in [-0.15, -0.1) is 0 Å². The number of carbonyl (C=O) groups excluding carboxylic acids is 1. The molecule has 1 fully saturated rings. The Bertz CT molecular complexity index is 777. The van der Waals surface area contributed by atoms with Crippen LogP contribution in [0.25, 0.3) is 0 Å². The molecule has 1 saturated heterocycles. The third-order valence-electron chi connectivity index (χ3n) is 4.78. The fraction of sp³-hybridized carbons (Fsp3) is 0.632. The van der Waals surface area contributed by atoms with Crippen molar-refractivity contribution in [2.24, 2.45) is 0 Å². The van der Waals surface area contributed by atoms with Crippen molar-refractivity contribution >= 4 is 15.9 Å². The van der Waals surface area contributed by atoms with E-state index in [1.807, 2.05) is 0 Å². The Morgan fingerprint density at radius 2 is 1.89 bits per heavy atom. The molecule has 0 unspecified atom stereocenters. The number of piperazine rings is 1. The molecule has 0 aromatic heterocycles. The number of rotatable bonds is 8. The van der Waals surface area contributed by atoms with Crippen molar-refractivity contribution in [1.82, 2.24) is 19.4 Å². The number of likely N-dealkylation sites (N-methyl/N-ethyl adjacent to an activating group) is 1. The summed E-state index contributed by atoms with van der Waals surface area (Å²) in [7, 11) is -0.0811. The molecular formula is C19H31FN4O3S. The quantitative estimate of drug-likeness (QED) is 0.693. The van der Waals surface area contributed by atoms with E-state index in [4.69, 9.17) is 0 Å². The van der Waals surface area contributed by atoms with Crippen LogP contribution in [0.1, 0.15) is 30.6 Å². The summed E-state index contributed by atoms with van der Waals surface area (Å²) >= 11 is 0. The lowest BCUT2D eigenvalue weighted by molar-refractivity contribution is 0.0778. The van der Waals surface area contributed by atoms with Crippen LogP contribution in [0.5, 0.6) is 0 Å². The van der Waals surface area contributed by atoms with Crippen molar-refractivity contribution in [1.29, 1.82) is 0 Å². The van der Waals surface area contributed by atoms with Gasteiger partial charge in [0.25, 0.3) is 5.91 Å². The Morgan fingerprint density at radius 1 is 1.25 bits per heavy atom. The lowest BCUT2D eigenvalue weighted by Crippen LogP contribution is -2.45. The first-order chi connectivity index (χ1) is 13.1. The summed E-state index contributed by atoms with van der Waals surface area (Å²) in [5, 5.41) is 0. The predicted octanol–water partition coefficient (Wildman–Crippen LogP) is 1.22. The smallest absolute Gasteiger partial charge is 0.256 e. The summed E-state index contributed by atoms with van der Waals surface area (Å²) < 4.78 is 41.2. The minimum Gasteiger partial charge on any atom is -0.342 e. The van der Waals surface area contributed by atoms with Crippen molar-refractivity contribution in [3.05, 3.63) is 29.6 Å². The van der Waals surface area contributed by atoms with Gasteiger partial charge < -0.3 is 14.7 Å². The molecule has 1 N–H and O–H groups in total. The van der Waals surface area contributed by atoms with Crippen molar-refractivity contribution in [2.45, 2.75) is 31.2 Å². The number of sulfonamides is 1. The van der Waals surface area contributed by atoms with Crippen molar-refractivity contribution < 1.29 is 17.6 Å². The van der Waals surface area contributed by atoms with Crippen LogP contribution >= 0.6 is 0 Å². The SMILES string of the molecule is CC(C)NS(=O)(=O)c1ccc(F)c(C(=O)N(C)CCCN2CCN(C)CC2)c1. The van der Waals surface area contributed by atoms with E-state index in [9.17, 15) is 17.6 Å². The molecule has 158 valence electrons. The molecule has 1 aromatic carbocycles. The Kier molecular flexibility index (Phi) is 7.94. The Morgan fingerprint density at radius 3 is 2.50 bits per heavy atom. The van der Waals surface area contributed by atoms with Gasteiger partial charge in [0.2, 0.25) is 10.0 Å². The number of carbonyl (C=O) groups is 1. The molecule has 0 atom stereocenters. The number of nitrogens with zero attached hydrogens (tertiary/aromatic N) is 3. The maximum absolute atomic E-state index is 14.2. The molecule has 1 aromatic rings. The van der Waals surface area contributed by atoms with E-state index in [2.05, 4.69) is 21.6 Å². The number of amides is 1. The van der Waals surface area contributed by atoms with E-state index in [1.165, 1.54) is 11.0 Å². The van der Waals surface area contributed by atoms with Crippen LogP contribution in [-0.2, 0) is 10.0 Å².